The Kier molecular flexibility index (Phi) is 7.55. The molecule has 14 heavy (non-hydrogen) atoms. The van der Waals surface area contributed by atoms with Gasteiger partial charge in [-0.05, 0) is 26.3 Å². The third-order valence-corrected chi connectivity index (χ3v) is 2.54. The highest BCUT2D eigenvalue weighted by Crippen LogP contribution is 2.40. The van der Waals surface area contributed by atoms with Crippen molar-refractivity contribution in [2.75, 3.05) is 13.2 Å². The molecule has 0 aromatic rings. The van der Waals surface area contributed by atoms with Crippen LogP contribution in [0.4, 0.5) is 8.78 Å². The Labute approximate surface area is 84.9 Å². The largest absolute Gasteiger partial charge is 0.393 e. The molecule has 2 atom stereocenters. The lowest BCUT2D eigenvalue weighted by molar-refractivity contribution is 0.0203. The number of alkyl halides is 2. The summed E-state index contributed by atoms with van der Waals surface area (Å²) in [4.78, 5) is 0. The number of rotatable bonds is 8. The van der Waals surface area contributed by atoms with Gasteiger partial charge in [0, 0.05) is 13.0 Å². The standard InChI is InChI=1S/C8H18F2NO2P/c1-2-13-14-8(9,10)6-7(12)4-3-5-11/h7,12,14H,2-6,11H2,1H3. The van der Waals surface area contributed by atoms with Crippen molar-refractivity contribution >= 4 is 8.81 Å². The number of aliphatic hydroxyl groups is 1. The Morgan fingerprint density at radius 2 is 2.21 bits per heavy atom. The number of aliphatic hydroxyl groups excluding tert-OH is 1. The van der Waals surface area contributed by atoms with Gasteiger partial charge in [-0.15, -0.1) is 0 Å². The van der Waals surface area contributed by atoms with Gasteiger partial charge in [0.1, 0.15) is 0 Å². The van der Waals surface area contributed by atoms with Crippen LogP contribution in [0.2, 0.25) is 0 Å². The van der Waals surface area contributed by atoms with Gasteiger partial charge in [-0.3, -0.25) is 0 Å². The molecule has 0 saturated heterocycles. The molecular weight excluding hydrogens is 211 g/mol. The molecule has 6 heteroatoms. The van der Waals surface area contributed by atoms with Crippen molar-refractivity contribution in [1.29, 1.82) is 0 Å². The van der Waals surface area contributed by atoms with Crippen LogP contribution < -0.4 is 5.73 Å². The zero-order valence-electron chi connectivity index (χ0n) is 8.30. The van der Waals surface area contributed by atoms with E-state index in [-0.39, 0.29) is 6.61 Å². The van der Waals surface area contributed by atoms with Crippen molar-refractivity contribution in [2.24, 2.45) is 5.73 Å². The molecule has 0 saturated carbocycles. The molecule has 0 spiro atoms. The third kappa shape index (κ3) is 7.56. The van der Waals surface area contributed by atoms with Gasteiger partial charge in [0.15, 0.2) is 0 Å². The lowest BCUT2D eigenvalue weighted by Gasteiger charge is -2.19. The minimum absolute atomic E-state index is 0.271. The maximum absolute atomic E-state index is 13.0. The number of halogens is 2. The van der Waals surface area contributed by atoms with Gasteiger partial charge >= 0.3 is 0 Å². The lowest BCUT2D eigenvalue weighted by Crippen LogP contribution is -2.20. The van der Waals surface area contributed by atoms with Crippen molar-refractivity contribution in [3.8, 4) is 0 Å². The van der Waals surface area contributed by atoms with E-state index in [0.717, 1.165) is 0 Å². The van der Waals surface area contributed by atoms with E-state index in [4.69, 9.17) is 5.73 Å². The zero-order valence-corrected chi connectivity index (χ0v) is 9.30. The molecule has 86 valence electrons. The Hall–Kier alpha value is 0.170. The van der Waals surface area contributed by atoms with E-state index in [0.29, 0.717) is 19.4 Å². The van der Waals surface area contributed by atoms with Gasteiger partial charge in [-0.25, -0.2) is 0 Å². The molecule has 2 unspecified atom stereocenters. The van der Waals surface area contributed by atoms with Gasteiger partial charge < -0.3 is 15.4 Å². The molecule has 0 aliphatic carbocycles. The molecule has 0 aliphatic heterocycles. The van der Waals surface area contributed by atoms with Crippen molar-refractivity contribution in [3.63, 3.8) is 0 Å². The SMILES string of the molecule is CCOPC(F)(F)CC(O)CCCN. The van der Waals surface area contributed by atoms with Gasteiger partial charge in [0.25, 0.3) is 5.66 Å². The van der Waals surface area contributed by atoms with Crippen LogP contribution in [0.1, 0.15) is 26.2 Å². The Morgan fingerprint density at radius 3 is 2.71 bits per heavy atom. The molecule has 0 aliphatic rings. The van der Waals surface area contributed by atoms with Crippen molar-refractivity contribution in [1.82, 2.24) is 0 Å². The number of hydrogen-bond acceptors (Lipinski definition) is 3. The first-order valence-corrected chi connectivity index (χ1v) is 5.57. The summed E-state index contributed by atoms with van der Waals surface area (Å²) in [5, 5.41) is 9.23. The van der Waals surface area contributed by atoms with Crippen LogP contribution >= 0.6 is 8.81 Å². The maximum Gasteiger partial charge on any atom is 0.288 e. The molecule has 0 radical (unpaired) electrons. The molecule has 0 aromatic carbocycles. The molecule has 0 amide bonds. The molecule has 0 rings (SSSR count). The summed E-state index contributed by atoms with van der Waals surface area (Å²) in [5.41, 5.74) is 2.29. The molecule has 0 fully saturated rings. The molecule has 3 N–H and O–H groups in total. The fraction of sp³-hybridized carbons (Fsp3) is 1.00. The summed E-state index contributed by atoms with van der Waals surface area (Å²) < 4.78 is 30.6. The first-order valence-electron chi connectivity index (χ1n) is 4.66. The summed E-state index contributed by atoms with van der Waals surface area (Å²) in [6.07, 6.45) is -0.634. The molecule has 0 heterocycles. The molecular formula is C8H18F2NO2P. The van der Waals surface area contributed by atoms with Gasteiger partial charge in [0.05, 0.1) is 14.9 Å². The van der Waals surface area contributed by atoms with Crippen molar-refractivity contribution in [3.05, 3.63) is 0 Å². The van der Waals surface area contributed by atoms with Crippen LogP contribution in [0, 0.1) is 0 Å². The summed E-state index contributed by atoms with van der Waals surface area (Å²) in [5.74, 6) is 0. The third-order valence-electron chi connectivity index (χ3n) is 1.60. The fourth-order valence-electron chi connectivity index (χ4n) is 0.971. The monoisotopic (exact) mass is 229 g/mol. The average Bonchev–Trinajstić information content (AvgIpc) is 2.11. The first-order chi connectivity index (χ1) is 6.52. The normalized spacial score (nSPS) is 15.2. The maximum atomic E-state index is 13.0. The predicted octanol–water partition coefficient (Wildman–Crippen LogP) is 1.70. The smallest absolute Gasteiger partial charge is 0.288 e. The minimum Gasteiger partial charge on any atom is -0.393 e. The van der Waals surface area contributed by atoms with E-state index in [9.17, 15) is 13.9 Å². The summed E-state index contributed by atoms with van der Waals surface area (Å²) in [6.45, 7) is 2.34. The second kappa shape index (κ2) is 7.46. The van der Waals surface area contributed by atoms with E-state index in [1.54, 1.807) is 6.92 Å². The Morgan fingerprint density at radius 1 is 1.57 bits per heavy atom. The Balaban J connectivity index is 3.70. The average molecular weight is 229 g/mol. The van der Waals surface area contributed by atoms with Crippen molar-refractivity contribution < 1.29 is 18.4 Å². The molecule has 0 bridgehead atoms. The summed E-state index contributed by atoms with van der Waals surface area (Å²) >= 11 is 0. The number of nitrogens with two attached hydrogens (primary N) is 1. The second-order valence-electron chi connectivity index (χ2n) is 3.03. The summed E-state index contributed by atoms with van der Waals surface area (Å²) in [7, 11) is -0.868. The van der Waals surface area contributed by atoms with E-state index in [1.807, 2.05) is 0 Å². The topological polar surface area (TPSA) is 55.5 Å². The number of hydrogen-bond donors (Lipinski definition) is 2. The van der Waals surface area contributed by atoms with Gasteiger partial charge in [-0.2, -0.15) is 8.78 Å². The quantitative estimate of drug-likeness (QED) is 0.623. The van der Waals surface area contributed by atoms with Gasteiger partial charge in [-0.1, -0.05) is 0 Å². The summed E-state index contributed by atoms with van der Waals surface area (Å²) in [6, 6.07) is 0. The van der Waals surface area contributed by atoms with E-state index in [2.05, 4.69) is 4.52 Å². The van der Waals surface area contributed by atoms with E-state index >= 15 is 0 Å². The first kappa shape index (κ1) is 14.2. The predicted molar refractivity (Wildman–Crippen MR) is 53.8 cm³/mol. The van der Waals surface area contributed by atoms with Crippen LogP contribution in [0.25, 0.3) is 0 Å². The van der Waals surface area contributed by atoms with E-state index in [1.165, 1.54) is 0 Å². The van der Waals surface area contributed by atoms with Crippen LogP contribution in [-0.4, -0.2) is 30.0 Å². The highest BCUT2D eigenvalue weighted by molar-refractivity contribution is 7.33. The fourth-order valence-corrected chi connectivity index (χ4v) is 1.65. The molecule has 0 aromatic heterocycles. The minimum atomic E-state index is -2.91. The van der Waals surface area contributed by atoms with Gasteiger partial charge in [0.2, 0.25) is 0 Å². The van der Waals surface area contributed by atoms with E-state index < -0.39 is 27.0 Å². The highest BCUT2D eigenvalue weighted by atomic mass is 31.1. The Bertz CT molecular complexity index is 149. The second-order valence-corrected chi connectivity index (χ2v) is 4.25. The highest BCUT2D eigenvalue weighted by Gasteiger charge is 2.32. The molecule has 3 nitrogen and oxygen atoms in total. The lowest BCUT2D eigenvalue weighted by atomic mass is 10.1. The van der Waals surface area contributed by atoms with Crippen molar-refractivity contribution in [2.45, 2.75) is 38.0 Å². The van der Waals surface area contributed by atoms with Crippen LogP contribution in [0.5, 0.6) is 0 Å². The van der Waals surface area contributed by atoms with Crippen LogP contribution in [-0.2, 0) is 4.52 Å². The van der Waals surface area contributed by atoms with Crippen LogP contribution in [0.15, 0.2) is 0 Å². The zero-order chi connectivity index (χ0) is 11.0. The van der Waals surface area contributed by atoms with Crippen LogP contribution in [0.3, 0.4) is 0 Å².